The minimum Gasteiger partial charge on any atom is -0.392 e. The van der Waals surface area contributed by atoms with Gasteiger partial charge in [-0.1, -0.05) is 5.92 Å². The van der Waals surface area contributed by atoms with Crippen molar-refractivity contribution in [2.45, 2.75) is 18.2 Å². The molecule has 2 aromatic rings. The van der Waals surface area contributed by atoms with Crippen LogP contribution in [0.25, 0.3) is 11.0 Å². The van der Waals surface area contributed by atoms with Crippen LogP contribution in [0.15, 0.2) is 12.5 Å². The standard InChI is InChI=1S/C14H17FN5O13P3/c1-2-9(22)14(15,6-30-35(26,27)33-36(28,29)32-34(23,24)25)31-10(5-21)20-4-8(3-16)11-12(17)18-7-19-13(11)20/h1,4,7,9-10,21-22H,5-6H2,(H,26,27)(H,28,29)(H2,17,18,19)(H2,23,24,25)/t9-,10+,14+/m0/s1. The van der Waals surface area contributed by atoms with E-state index in [1.165, 1.54) is 5.92 Å². The maximum atomic E-state index is 15.5. The minimum atomic E-state index is -5.93. The average Bonchev–Trinajstić information content (AvgIpc) is 3.13. The molecule has 5 atom stereocenters. The zero-order valence-electron chi connectivity index (χ0n) is 17.4. The molecule has 36 heavy (non-hydrogen) atoms. The molecule has 8 N–H and O–H groups in total. The number of fused-ring (bicyclic) bond motifs is 1. The van der Waals surface area contributed by atoms with Crippen LogP contribution < -0.4 is 5.73 Å². The molecule has 18 nitrogen and oxygen atoms in total. The number of aromatic nitrogens is 3. The van der Waals surface area contributed by atoms with Gasteiger partial charge in [0.1, 0.15) is 30.5 Å². The van der Waals surface area contributed by atoms with Crippen LogP contribution in [-0.4, -0.2) is 69.5 Å². The summed E-state index contributed by atoms with van der Waals surface area (Å²) in [7, 11) is -17.5. The Kier molecular flexibility index (Phi) is 9.12. The van der Waals surface area contributed by atoms with Crippen LogP contribution >= 0.6 is 23.5 Å². The normalized spacial score (nSPS) is 18.8. The van der Waals surface area contributed by atoms with E-state index < -0.39 is 54.9 Å². The fraction of sp³-hybridized carbons (Fsp3) is 0.357. The van der Waals surface area contributed by atoms with Gasteiger partial charge in [-0.15, -0.1) is 6.42 Å². The van der Waals surface area contributed by atoms with E-state index >= 15 is 4.39 Å². The first-order chi connectivity index (χ1) is 16.5. The van der Waals surface area contributed by atoms with Gasteiger partial charge in [-0.25, -0.2) is 28.1 Å². The molecule has 198 valence electrons. The lowest BCUT2D eigenvalue weighted by Crippen LogP contribution is -2.46. The van der Waals surface area contributed by atoms with Crippen LogP contribution in [0.5, 0.6) is 0 Å². The summed E-state index contributed by atoms with van der Waals surface area (Å²) >= 11 is 0. The Balaban J connectivity index is 2.36. The van der Waals surface area contributed by atoms with Crippen LogP contribution in [0.2, 0.25) is 0 Å². The second kappa shape index (κ2) is 11.0. The van der Waals surface area contributed by atoms with Gasteiger partial charge in [0.05, 0.1) is 17.6 Å². The minimum absolute atomic E-state index is 0.00253. The number of ether oxygens (including phenoxy) is 1. The van der Waals surface area contributed by atoms with Crippen LogP contribution in [0, 0.1) is 23.7 Å². The smallest absolute Gasteiger partial charge is 0.392 e. The highest BCUT2D eigenvalue weighted by molar-refractivity contribution is 7.66. The van der Waals surface area contributed by atoms with Gasteiger partial charge in [0.15, 0.2) is 12.3 Å². The Morgan fingerprint density at radius 3 is 2.39 bits per heavy atom. The zero-order valence-corrected chi connectivity index (χ0v) is 20.1. The highest BCUT2D eigenvalue weighted by Crippen LogP contribution is 2.66. The topological polar surface area (TPSA) is 290 Å². The van der Waals surface area contributed by atoms with E-state index in [-0.39, 0.29) is 22.4 Å². The number of aliphatic hydroxyl groups is 2. The van der Waals surface area contributed by atoms with Crippen molar-refractivity contribution in [1.29, 1.82) is 5.26 Å². The van der Waals surface area contributed by atoms with Gasteiger partial charge in [-0.3, -0.25) is 4.52 Å². The van der Waals surface area contributed by atoms with E-state index in [1.54, 1.807) is 6.07 Å². The number of nitriles is 1. The average molecular weight is 575 g/mol. The summed E-state index contributed by atoms with van der Waals surface area (Å²) in [5, 5.41) is 29.0. The lowest BCUT2D eigenvalue weighted by atomic mass is 10.2. The second-order valence-electron chi connectivity index (χ2n) is 6.49. The van der Waals surface area contributed by atoms with Gasteiger partial charge in [0.25, 0.3) is 5.85 Å². The van der Waals surface area contributed by atoms with Crippen molar-refractivity contribution in [2.24, 2.45) is 0 Å². The second-order valence-corrected chi connectivity index (χ2v) is 10.9. The van der Waals surface area contributed by atoms with E-state index in [0.29, 0.717) is 0 Å². The third kappa shape index (κ3) is 7.36. The molecule has 0 spiro atoms. The van der Waals surface area contributed by atoms with Gasteiger partial charge in [0.2, 0.25) is 0 Å². The Morgan fingerprint density at radius 2 is 1.86 bits per heavy atom. The molecule has 22 heteroatoms. The Hall–Kier alpha value is -2.31. The van der Waals surface area contributed by atoms with Crippen molar-refractivity contribution >= 4 is 40.3 Å². The number of halogens is 1. The van der Waals surface area contributed by atoms with E-state index in [9.17, 15) is 34.1 Å². The van der Waals surface area contributed by atoms with E-state index in [4.69, 9.17) is 31.6 Å². The first-order valence-electron chi connectivity index (χ1n) is 8.88. The molecular weight excluding hydrogens is 558 g/mol. The molecule has 0 radical (unpaired) electrons. The number of terminal acetylenes is 1. The number of phosphoric acid groups is 3. The maximum Gasteiger partial charge on any atom is 0.490 e. The molecule has 2 heterocycles. The number of anilines is 1. The van der Waals surface area contributed by atoms with Crippen LogP contribution in [0.1, 0.15) is 11.8 Å². The fourth-order valence-electron chi connectivity index (χ4n) is 2.60. The maximum absolute atomic E-state index is 15.5. The lowest BCUT2D eigenvalue weighted by Gasteiger charge is -2.32. The van der Waals surface area contributed by atoms with E-state index in [1.807, 2.05) is 0 Å². The molecule has 0 aliphatic heterocycles. The van der Waals surface area contributed by atoms with Crippen molar-refractivity contribution in [1.82, 2.24) is 14.5 Å². The summed E-state index contributed by atoms with van der Waals surface area (Å²) in [6.07, 6.45) is 2.56. The largest absolute Gasteiger partial charge is 0.490 e. The van der Waals surface area contributed by atoms with Crippen molar-refractivity contribution in [3.8, 4) is 18.4 Å². The molecule has 0 bridgehead atoms. The number of phosphoric ester groups is 1. The number of rotatable bonds is 12. The molecule has 0 aliphatic rings. The number of nitrogens with zero attached hydrogens (tertiary/aromatic N) is 4. The van der Waals surface area contributed by atoms with Gasteiger partial charge >= 0.3 is 23.5 Å². The number of hydrogen-bond donors (Lipinski definition) is 7. The summed E-state index contributed by atoms with van der Waals surface area (Å²) in [6, 6.07) is 1.77. The molecule has 0 amide bonds. The number of nitrogens with two attached hydrogens (primary N) is 1. The van der Waals surface area contributed by atoms with Crippen LogP contribution in [0.3, 0.4) is 0 Å². The summed E-state index contributed by atoms with van der Waals surface area (Å²) in [5.41, 5.74) is 5.45. The molecule has 2 unspecified atom stereocenters. The summed E-state index contributed by atoms with van der Waals surface area (Å²) in [6.45, 7) is -2.89. The molecule has 2 aromatic heterocycles. The van der Waals surface area contributed by atoms with Crippen molar-refractivity contribution < 1.29 is 65.8 Å². The Bertz CT molecular complexity index is 1350. The molecule has 0 saturated carbocycles. The summed E-state index contributed by atoms with van der Waals surface area (Å²) in [4.78, 5) is 43.3. The monoisotopic (exact) mass is 575 g/mol. The molecular formula is C14H17FN5O13P3. The molecule has 0 aliphatic carbocycles. The first kappa shape index (κ1) is 29.9. The highest BCUT2D eigenvalue weighted by Gasteiger charge is 2.47. The highest BCUT2D eigenvalue weighted by atomic mass is 31.3. The number of alkyl halides is 1. The predicted molar refractivity (Wildman–Crippen MR) is 112 cm³/mol. The molecule has 0 fully saturated rings. The van der Waals surface area contributed by atoms with Gasteiger partial charge in [0, 0.05) is 6.20 Å². The van der Waals surface area contributed by atoms with Crippen molar-refractivity contribution in [3.63, 3.8) is 0 Å². The number of hydrogen-bond acceptors (Lipinski definition) is 13. The van der Waals surface area contributed by atoms with Crippen molar-refractivity contribution in [2.75, 3.05) is 18.9 Å². The number of nitrogen functional groups attached to an aromatic ring is 1. The van der Waals surface area contributed by atoms with Crippen LogP contribution in [0.4, 0.5) is 10.2 Å². The molecule has 0 saturated heterocycles. The molecule has 0 aromatic carbocycles. The first-order valence-corrected chi connectivity index (χ1v) is 13.4. The third-order valence-corrected chi connectivity index (χ3v) is 7.75. The Morgan fingerprint density at radius 1 is 1.22 bits per heavy atom. The van der Waals surface area contributed by atoms with Gasteiger partial charge < -0.3 is 44.8 Å². The third-order valence-electron chi connectivity index (χ3n) is 3.96. The van der Waals surface area contributed by atoms with Gasteiger partial charge in [-0.05, 0) is 0 Å². The van der Waals surface area contributed by atoms with Crippen LogP contribution in [-0.2, 0) is 31.6 Å². The SMILES string of the molecule is C#C[C@H](O)[C@@](F)(COP(=O)(O)OP(=O)(O)OP(=O)(O)O)O[C@H](CO)n1cc(C#N)c2c(N)ncnc21. The Labute approximate surface area is 200 Å². The van der Waals surface area contributed by atoms with Gasteiger partial charge in [-0.2, -0.15) is 13.9 Å². The quantitative estimate of drug-likeness (QED) is 0.123. The summed E-state index contributed by atoms with van der Waals surface area (Å²) in [5.74, 6) is -2.31. The fourth-order valence-corrected chi connectivity index (χ4v) is 5.63. The lowest BCUT2D eigenvalue weighted by molar-refractivity contribution is -0.255. The van der Waals surface area contributed by atoms with Crippen molar-refractivity contribution in [3.05, 3.63) is 18.1 Å². The summed E-state index contributed by atoms with van der Waals surface area (Å²) < 4.78 is 66.6. The van der Waals surface area contributed by atoms with E-state index in [2.05, 4.69) is 23.1 Å². The zero-order chi connectivity index (χ0) is 27.5. The predicted octanol–water partition coefficient (Wildman–Crippen LogP) is -0.604. The van der Waals surface area contributed by atoms with E-state index in [0.717, 1.165) is 17.1 Å². The molecule has 2 rings (SSSR count). The number of aliphatic hydroxyl groups excluding tert-OH is 2.